The average molecular weight is 256 g/mol. The van der Waals surface area contributed by atoms with Crippen LogP contribution < -0.4 is 15.2 Å². The van der Waals surface area contributed by atoms with Crippen LogP contribution >= 0.6 is 11.6 Å². The molecule has 0 saturated heterocycles. The molecule has 0 fully saturated rings. The third-order valence-corrected chi connectivity index (χ3v) is 3.33. The largest absolute Gasteiger partial charge is 0.453 e. The van der Waals surface area contributed by atoms with Crippen molar-refractivity contribution in [3.05, 3.63) is 22.2 Å². The van der Waals surface area contributed by atoms with E-state index >= 15 is 0 Å². The molecule has 2 N–H and O–H groups in total. The van der Waals surface area contributed by atoms with Gasteiger partial charge in [0.1, 0.15) is 0 Å². The number of aryl methyl sites for hydroxylation is 1. The minimum atomic E-state index is 0.272. The van der Waals surface area contributed by atoms with Gasteiger partial charge >= 0.3 is 0 Å². The molecule has 0 saturated carbocycles. The molecule has 0 aliphatic carbocycles. The van der Waals surface area contributed by atoms with Gasteiger partial charge in [-0.05, 0) is 43.9 Å². The summed E-state index contributed by atoms with van der Waals surface area (Å²) in [5.74, 6) is 1.54. The number of hydrogen-bond acceptors (Lipinski definition) is 3. The van der Waals surface area contributed by atoms with Crippen LogP contribution in [0, 0.1) is 0 Å². The topological polar surface area (TPSA) is 44.5 Å². The van der Waals surface area contributed by atoms with Crippen molar-refractivity contribution < 1.29 is 9.47 Å². The van der Waals surface area contributed by atoms with E-state index in [1.54, 1.807) is 0 Å². The summed E-state index contributed by atoms with van der Waals surface area (Å²) in [6.45, 7) is 3.13. The molecule has 1 aromatic carbocycles. The van der Waals surface area contributed by atoms with E-state index < -0.39 is 0 Å². The van der Waals surface area contributed by atoms with Crippen LogP contribution in [0.4, 0.5) is 0 Å². The Hall–Kier alpha value is -0.930. The molecule has 1 aromatic rings. The molecule has 3 nitrogen and oxygen atoms in total. The molecule has 0 atom stereocenters. The van der Waals surface area contributed by atoms with Crippen LogP contribution in [0.15, 0.2) is 6.07 Å². The van der Waals surface area contributed by atoms with Crippen LogP contribution in [0.2, 0.25) is 5.02 Å². The predicted molar refractivity (Wildman–Crippen MR) is 68.9 cm³/mol. The quantitative estimate of drug-likeness (QED) is 0.823. The van der Waals surface area contributed by atoms with E-state index in [4.69, 9.17) is 26.8 Å². The molecule has 4 heteroatoms. The molecule has 17 heavy (non-hydrogen) atoms. The maximum absolute atomic E-state index is 6.19. The Labute approximate surface area is 107 Å². The second-order valence-corrected chi connectivity index (χ2v) is 4.57. The molecule has 94 valence electrons. The normalized spacial score (nSPS) is 13.1. The van der Waals surface area contributed by atoms with Crippen LogP contribution in [-0.2, 0) is 12.8 Å². The molecule has 0 bridgehead atoms. The van der Waals surface area contributed by atoms with Crippen LogP contribution in [0.25, 0.3) is 0 Å². The highest BCUT2D eigenvalue weighted by molar-refractivity contribution is 6.32. The fourth-order valence-corrected chi connectivity index (χ4v) is 2.47. The molecule has 0 radical (unpaired) electrons. The Balaban J connectivity index is 2.28. The first-order valence-electron chi connectivity index (χ1n) is 6.07. The first-order valence-corrected chi connectivity index (χ1v) is 6.45. The van der Waals surface area contributed by atoms with Crippen LogP contribution in [-0.4, -0.2) is 13.3 Å². The second kappa shape index (κ2) is 5.61. The van der Waals surface area contributed by atoms with Crippen LogP contribution in [0.3, 0.4) is 0 Å². The van der Waals surface area contributed by atoms with E-state index in [9.17, 15) is 0 Å². The summed E-state index contributed by atoms with van der Waals surface area (Å²) in [6.07, 6.45) is 4.05. The fourth-order valence-electron chi connectivity index (χ4n) is 2.20. The molecule has 1 heterocycles. The van der Waals surface area contributed by atoms with Crippen molar-refractivity contribution >= 4 is 11.6 Å². The molecule has 0 aromatic heterocycles. The van der Waals surface area contributed by atoms with Crippen molar-refractivity contribution in [2.75, 3.05) is 13.3 Å². The van der Waals surface area contributed by atoms with E-state index in [2.05, 4.69) is 6.92 Å². The van der Waals surface area contributed by atoms with Crippen LogP contribution in [0.1, 0.15) is 30.9 Å². The highest BCUT2D eigenvalue weighted by Crippen LogP contribution is 2.43. The smallest absolute Gasteiger partial charge is 0.231 e. The van der Waals surface area contributed by atoms with Gasteiger partial charge in [0.15, 0.2) is 11.5 Å². The molecule has 0 unspecified atom stereocenters. The van der Waals surface area contributed by atoms with Crippen molar-refractivity contribution in [1.82, 2.24) is 0 Å². The van der Waals surface area contributed by atoms with Crippen molar-refractivity contribution in [3.8, 4) is 11.5 Å². The van der Waals surface area contributed by atoms with E-state index in [0.717, 1.165) is 38.0 Å². The van der Waals surface area contributed by atoms with Gasteiger partial charge < -0.3 is 15.2 Å². The van der Waals surface area contributed by atoms with Gasteiger partial charge in [-0.1, -0.05) is 18.5 Å². The monoisotopic (exact) mass is 255 g/mol. The summed E-state index contributed by atoms with van der Waals surface area (Å²) in [4.78, 5) is 0. The molecule has 1 aliphatic heterocycles. The van der Waals surface area contributed by atoms with E-state index in [1.807, 2.05) is 6.07 Å². The maximum atomic E-state index is 6.19. The SMILES string of the molecule is CCc1c(CCCCN)cc(Cl)c2c1OCO2. The van der Waals surface area contributed by atoms with Gasteiger partial charge in [0.25, 0.3) is 0 Å². The zero-order valence-corrected chi connectivity index (χ0v) is 10.8. The van der Waals surface area contributed by atoms with Gasteiger partial charge in [0.2, 0.25) is 6.79 Å². The Morgan fingerprint density at radius 1 is 1.29 bits per heavy atom. The first kappa shape index (κ1) is 12.5. The predicted octanol–water partition coefficient (Wildman–Crippen LogP) is 2.91. The molecular weight excluding hydrogens is 238 g/mol. The zero-order chi connectivity index (χ0) is 12.3. The summed E-state index contributed by atoms with van der Waals surface area (Å²) in [7, 11) is 0. The number of nitrogens with two attached hydrogens (primary N) is 1. The summed E-state index contributed by atoms with van der Waals surface area (Å²) in [5.41, 5.74) is 7.99. The molecular formula is C13H18ClNO2. The highest BCUT2D eigenvalue weighted by atomic mass is 35.5. The van der Waals surface area contributed by atoms with Crippen molar-refractivity contribution in [1.29, 1.82) is 0 Å². The van der Waals surface area contributed by atoms with Gasteiger partial charge in [-0.2, -0.15) is 0 Å². The maximum Gasteiger partial charge on any atom is 0.231 e. The summed E-state index contributed by atoms with van der Waals surface area (Å²) < 4.78 is 10.9. The lowest BCUT2D eigenvalue weighted by molar-refractivity contribution is 0.173. The number of hydrogen-bond donors (Lipinski definition) is 1. The van der Waals surface area contributed by atoms with Gasteiger partial charge in [0, 0.05) is 5.56 Å². The van der Waals surface area contributed by atoms with Gasteiger partial charge in [0.05, 0.1) is 5.02 Å². The lowest BCUT2D eigenvalue weighted by atomic mass is 9.98. The molecule has 2 rings (SSSR count). The Morgan fingerprint density at radius 3 is 2.76 bits per heavy atom. The van der Waals surface area contributed by atoms with E-state index in [-0.39, 0.29) is 6.79 Å². The van der Waals surface area contributed by atoms with Crippen molar-refractivity contribution in [3.63, 3.8) is 0 Å². The van der Waals surface area contributed by atoms with Crippen molar-refractivity contribution in [2.24, 2.45) is 5.73 Å². The summed E-state index contributed by atoms with van der Waals surface area (Å²) >= 11 is 6.19. The van der Waals surface area contributed by atoms with Gasteiger partial charge in [-0.15, -0.1) is 0 Å². The fraction of sp³-hybridized carbons (Fsp3) is 0.538. The van der Waals surface area contributed by atoms with Crippen LogP contribution in [0.5, 0.6) is 11.5 Å². The number of rotatable bonds is 5. The lowest BCUT2D eigenvalue weighted by Gasteiger charge is -2.12. The molecule has 0 spiro atoms. The minimum absolute atomic E-state index is 0.272. The number of ether oxygens (including phenoxy) is 2. The van der Waals surface area contributed by atoms with Gasteiger partial charge in [-0.25, -0.2) is 0 Å². The number of halogens is 1. The Morgan fingerprint density at radius 2 is 2.06 bits per heavy atom. The average Bonchev–Trinajstić information content (AvgIpc) is 2.79. The van der Waals surface area contributed by atoms with E-state index in [0.29, 0.717) is 10.8 Å². The first-order chi connectivity index (χ1) is 8.27. The number of benzene rings is 1. The summed E-state index contributed by atoms with van der Waals surface area (Å²) in [6, 6.07) is 2.00. The molecule has 0 amide bonds. The molecule has 1 aliphatic rings. The third-order valence-electron chi connectivity index (χ3n) is 3.05. The zero-order valence-electron chi connectivity index (χ0n) is 10.1. The summed E-state index contributed by atoms with van der Waals surface area (Å²) in [5, 5.41) is 0.650. The number of unbranched alkanes of at least 4 members (excludes halogenated alkanes) is 1. The minimum Gasteiger partial charge on any atom is -0.453 e. The number of fused-ring (bicyclic) bond motifs is 1. The van der Waals surface area contributed by atoms with Gasteiger partial charge in [-0.3, -0.25) is 0 Å². The second-order valence-electron chi connectivity index (χ2n) is 4.16. The lowest BCUT2D eigenvalue weighted by Crippen LogP contribution is -2.01. The van der Waals surface area contributed by atoms with Crippen molar-refractivity contribution in [2.45, 2.75) is 32.6 Å². The third kappa shape index (κ3) is 2.50. The Bertz CT molecular complexity index is 407. The standard InChI is InChI=1S/C13H18ClNO2/c1-2-10-9(5-3-4-6-15)7-11(14)13-12(10)16-8-17-13/h7H,2-6,8,15H2,1H3. The Kier molecular flexibility index (Phi) is 4.13. The highest BCUT2D eigenvalue weighted by Gasteiger charge is 2.23. The van der Waals surface area contributed by atoms with E-state index in [1.165, 1.54) is 11.1 Å².